The maximum atomic E-state index is 6.20. The maximum absolute atomic E-state index is 6.20. The molecule has 3 aromatic rings. The number of aromatic nitrogens is 3. The molecule has 0 saturated heterocycles. The highest BCUT2D eigenvalue weighted by Crippen LogP contribution is 2.24. The molecule has 1 aromatic carbocycles. The minimum Gasteiger partial charge on any atom is -0.326 e. The van der Waals surface area contributed by atoms with Crippen molar-refractivity contribution in [3.8, 4) is 5.82 Å². The van der Waals surface area contributed by atoms with E-state index in [1.54, 1.807) is 4.68 Å². The van der Waals surface area contributed by atoms with Gasteiger partial charge >= 0.3 is 0 Å². The number of fused-ring (bicyclic) bond motifs is 1. The number of rotatable bonds is 2. The zero-order valence-electron chi connectivity index (χ0n) is 11.4. The number of hydrogen-bond acceptors (Lipinski definition) is 3. The molecular weight excluding hydrogens is 272 g/mol. The van der Waals surface area contributed by atoms with Crippen molar-refractivity contribution in [1.29, 1.82) is 0 Å². The van der Waals surface area contributed by atoms with Crippen LogP contribution in [0, 0.1) is 13.8 Å². The van der Waals surface area contributed by atoms with Crippen LogP contribution in [0.3, 0.4) is 0 Å². The van der Waals surface area contributed by atoms with E-state index >= 15 is 0 Å². The number of halogens is 1. The summed E-state index contributed by atoms with van der Waals surface area (Å²) in [7, 11) is 0. The summed E-state index contributed by atoms with van der Waals surface area (Å²) in [4.78, 5) is 4.66. The Morgan fingerprint density at radius 1 is 1.25 bits per heavy atom. The highest BCUT2D eigenvalue weighted by molar-refractivity contribution is 6.31. The van der Waals surface area contributed by atoms with Crippen LogP contribution in [0.4, 0.5) is 0 Å². The Kier molecular flexibility index (Phi) is 3.20. The lowest BCUT2D eigenvalue weighted by Gasteiger charge is -2.09. The van der Waals surface area contributed by atoms with Crippen molar-refractivity contribution in [2.45, 2.75) is 20.4 Å². The van der Waals surface area contributed by atoms with Crippen LogP contribution in [0.2, 0.25) is 5.02 Å². The van der Waals surface area contributed by atoms with Crippen molar-refractivity contribution < 1.29 is 0 Å². The van der Waals surface area contributed by atoms with Gasteiger partial charge in [0.25, 0.3) is 0 Å². The van der Waals surface area contributed by atoms with Crippen LogP contribution in [0.1, 0.15) is 17.0 Å². The molecule has 4 nitrogen and oxygen atoms in total. The SMILES string of the molecule is Cc1nn(-c2cc(CN)c3ccccc3n2)c(C)c1Cl. The summed E-state index contributed by atoms with van der Waals surface area (Å²) in [6.45, 7) is 4.28. The number of nitrogens with two attached hydrogens (primary N) is 1. The lowest BCUT2D eigenvalue weighted by Crippen LogP contribution is -2.06. The summed E-state index contributed by atoms with van der Waals surface area (Å²) < 4.78 is 1.77. The third kappa shape index (κ3) is 1.97. The average Bonchev–Trinajstić information content (AvgIpc) is 2.73. The normalized spacial score (nSPS) is 11.2. The molecule has 3 rings (SSSR count). The number of benzene rings is 1. The average molecular weight is 287 g/mol. The fourth-order valence-electron chi connectivity index (χ4n) is 2.36. The van der Waals surface area contributed by atoms with Crippen molar-refractivity contribution in [2.75, 3.05) is 0 Å². The first kappa shape index (κ1) is 13.1. The highest BCUT2D eigenvalue weighted by atomic mass is 35.5. The van der Waals surface area contributed by atoms with Gasteiger partial charge in [0.15, 0.2) is 5.82 Å². The quantitative estimate of drug-likeness (QED) is 0.787. The number of nitrogens with zero attached hydrogens (tertiary/aromatic N) is 3. The fraction of sp³-hybridized carbons (Fsp3) is 0.200. The molecule has 0 unspecified atom stereocenters. The van der Waals surface area contributed by atoms with Crippen molar-refractivity contribution in [1.82, 2.24) is 14.8 Å². The molecular formula is C15H15ClN4. The molecule has 2 heterocycles. The number of para-hydroxylation sites is 1. The molecule has 0 radical (unpaired) electrons. The Labute approximate surface area is 122 Å². The van der Waals surface area contributed by atoms with Gasteiger partial charge < -0.3 is 5.73 Å². The first-order chi connectivity index (χ1) is 9.61. The van der Waals surface area contributed by atoms with Crippen LogP contribution in [-0.4, -0.2) is 14.8 Å². The number of aryl methyl sites for hydroxylation is 1. The number of pyridine rings is 1. The van der Waals surface area contributed by atoms with Gasteiger partial charge in [-0.15, -0.1) is 0 Å². The van der Waals surface area contributed by atoms with E-state index in [4.69, 9.17) is 17.3 Å². The third-order valence-corrected chi connectivity index (χ3v) is 3.98. The summed E-state index contributed by atoms with van der Waals surface area (Å²) in [5.41, 5.74) is 9.50. The van der Waals surface area contributed by atoms with Crippen LogP contribution in [0.25, 0.3) is 16.7 Å². The van der Waals surface area contributed by atoms with Gasteiger partial charge in [-0.05, 0) is 31.5 Å². The lowest BCUT2D eigenvalue weighted by molar-refractivity contribution is 0.808. The molecule has 102 valence electrons. The predicted molar refractivity (Wildman–Crippen MR) is 81.2 cm³/mol. The van der Waals surface area contributed by atoms with Crippen molar-refractivity contribution in [3.63, 3.8) is 0 Å². The van der Waals surface area contributed by atoms with Crippen LogP contribution < -0.4 is 5.73 Å². The first-order valence-electron chi connectivity index (χ1n) is 6.42. The molecule has 0 aliphatic heterocycles. The second-order valence-electron chi connectivity index (χ2n) is 4.76. The molecule has 0 saturated carbocycles. The highest BCUT2D eigenvalue weighted by Gasteiger charge is 2.13. The zero-order chi connectivity index (χ0) is 14.3. The summed E-state index contributed by atoms with van der Waals surface area (Å²) in [6, 6.07) is 9.93. The minimum atomic E-state index is 0.461. The summed E-state index contributed by atoms with van der Waals surface area (Å²) in [5.74, 6) is 0.747. The third-order valence-electron chi connectivity index (χ3n) is 3.43. The van der Waals surface area contributed by atoms with Crippen LogP contribution in [-0.2, 0) is 6.54 Å². The van der Waals surface area contributed by atoms with Gasteiger partial charge in [-0.1, -0.05) is 29.8 Å². The van der Waals surface area contributed by atoms with Gasteiger partial charge in [0.05, 0.1) is 21.9 Å². The Bertz CT molecular complexity index is 792. The fourth-order valence-corrected chi connectivity index (χ4v) is 2.47. The molecule has 0 amide bonds. The van der Waals surface area contributed by atoms with E-state index in [-0.39, 0.29) is 0 Å². The van der Waals surface area contributed by atoms with Crippen molar-refractivity contribution >= 4 is 22.5 Å². The molecule has 20 heavy (non-hydrogen) atoms. The summed E-state index contributed by atoms with van der Waals surface area (Å²) >= 11 is 6.20. The van der Waals surface area contributed by atoms with Gasteiger partial charge in [-0.3, -0.25) is 0 Å². The summed E-state index contributed by atoms with van der Waals surface area (Å²) in [6.07, 6.45) is 0. The van der Waals surface area contributed by atoms with E-state index in [0.29, 0.717) is 11.6 Å². The molecule has 5 heteroatoms. The van der Waals surface area contributed by atoms with Crippen LogP contribution >= 0.6 is 11.6 Å². The van der Waals surface area contributed by atoms with E-state index in [1.165, 1.54) is 0 Å². The van der Waals surface area contributed by atoms with Crippen LogP contribution in [0.5, 0.6) is 0 Å². The Balaban J connectivity index is 2.29. The van der Waals surface area contributed by atoms with Gasteiger partial charge in [-0.25, -0.2) is 9.67 Å². The Hall–Kier alpha value is -1.91. The van der Waals surface area contributed by atoms with E-state index in [1.807, 2.05) is 44.2 Å². The van der Waals surface area contributed by atoms with E-state index in [2.05, 4.69) is 10.1 Å². The minimum absolute atomic E-state index is 0.461. The van der Waals surface area contributed by atoms with Gasteiger partial charge in [0.2, 0.25) is 0 Å². The molecule has 0 atom stereocenters. The van der Waals surface area contributed by atoms with Gasteiger partial charge in [0.1, 0.15) is 0 Å². The van der Waals surface area contributed by atoms with Gasteiger partial charge in [0, 0.05) is 11.9 Å². The smallest absolute Gasteiger partial charge is 0.154 e. The van der Waals surface area contributed by atoms with Gasteiger partial charge in [-0.2, -0.15) is 5.10 Å². The standard InChI is InChI=1S/C15H15ClN4/c1-9-15(16)10(2)20(19-9)14-7-11(8-17)12-5-3-4-6-13(12)18-14/h3-7H,8,17H2,1-2H3. The van der Waals surface area contributed by atoms with Crippen LogP contribution in [0.15, 0.2) is 30.3 Å². The topological polar surface area (TPSA) is 56.7 Å². The Morgan fingerprint density at radius 2 is 2.00 bits per heavy atom. The second kappa shape index (κ2) is 4.89. The van der Waals surface area contributed by atoms with E-state index in [9.17, 15) is 0 Å². The van der Waals surface area contributed by atoms with Crippen molar-refractivity contribution in [3.05, 3.63) is 52.3 Å². The number of hydrogen-bond donors (Lipinski definition) is 1. The lowest BCUT2D eigenvalue weighted by atomic mass is 10.1. The molecule has 0 aliphatic carbocycles. The van der Waals surface area contributed by atoms with E-state index < -0.39 is 0 Å². The predicted octanol–water partition coefficient (Wildman–Crippen LogP) is 3.15. The molecule has 0 bridgehead atoms. The summed E-state index contributed by atoms with van der Waals surface area (Å²) in [5, 5.41) is 6.19. The van der Waals surface area contributed by atoms with E-state index in [0.717, 1.165) is 33.7 Å². The molecule has 0 aliphatic rings. The maximum Gasteiger partial charge on any atom is 0.154 e. The molecule has 2 N–H and O–H groups in total. The zero-order valence-corrected chi connectivity index (χ0v) is 12.1. The monoisotopic (exact) mass is 286 g/mol. The second-order valence-corrected chi connectivity index (χ2v) is 5.14. The molecule has 0 spiro atoms. The molecule has 2 aromatic heterocycles. The largest absolute Gasteiger partial charge is 0.326 e. The first-order valence-corrected chi connectivity index (χ1v) is 6.80. The Morgan fingerprint density at radius 3 is 2.65 bits per heavy atom. The molecule has 0 fully saturated rings. The van der Waals surface area contributed by atoms with Crippen molar-refractivity contribution in [2.24, 2.45) is 5.73 Å².